The Balaban J connectivity index is 2.28. The zero-order chi connectivity index (χ0) is 13.0. The molecular weight excluding hydrogens is 246 g/mol. The molecule has 1 aromatic rings. The van der Waals surface area contributed by atoms with Crippen LogP contribution in [-0.2, 0) is 4.74 Å². The summed E-state index contributed by atoms with van der Waals surface area (Å²) >= 11 is 6.22. The Bertz CT molecular complexity index is 442. The predicted octanol–water partition coefficient (Wildman–Crippen LogP) is 3.99. The van der Waals surface area contributed by atoms with Crippen molar-refractivity contribution < 1.29 is 4.74 Å². The molecule has 0 saturated carbocycles. The molecule has 1 aliphatic heterocycles. The normalized spacial score (nSPS) is 16.9. The fraction of sp³-hybridized carbons (Fsp3) is 0.467. The molecule has 0 amide bonds. The molecular formula is C15H20ClNO. The van der Waals surface area contributed by atoms with Gasteiger partial charge in [-0.3, -0.25) is 0 Å². The van der Waals surface area contributed by atoms with E-state index in [1.165, 1.54) is 11.1 Å². The first-order valence-corrected chi connectivity index (χ1v) is 6.90. The largest absolute Gasteiger partial charge is 0.501 e. The molecule has 98 valence electrons. The Morgan fingerprint density at radius 1 is 1.44 bits per heavy atom. The summed E-state index contributed by atoms with van der Waals surface area (Å²) in [5.74, 6) is 0. The molecule has 0 radical (unpaired) electrons. The van der Waals surface area contributed by atoms with Gasteiger partial charge in [-0.25, -0.2) is 0 Å². The SMILES string of the molecule is CCNC(C1=COCCC1)c1ccc(C)c(Cl)c1. The molecule has 1 aliphatic rings. The summed E-state index contributed by atoms with van der Waals surface area (Å²) in [6.45, 7) is 5.90. The van der Waals surface area contributed by atoms with Gasteiger partial charge in [0.05, 0.1) is 18.9 Å². The number of hydrogen-bond acceptors (Lipinski definition) is 2. The van der Waals surface area contributed by atoms with E-state index in [2.05, 4.69) is 30.4 Å². The standard InChI is InChI=1S/C15H20ClNO/c1-3-17-15(13-5-4-8-18-10-13)12-7-6-11(2)14(16)9-12/h6-7,9-10,15,17H,3-5,8H2,1-2H3. The van der Waals surface area contributed by atoms with E-state index < -0.39 is 0 Å². The van der Waals surface area contributed by atoms with Gasteiger partial charge in [0.2, 0.25) is 0 Å². The van der Waals surface area contributed by atoms with Crippen LogP contribution in [0, 0.1) is 6.92 Å². The Morgan fingerprint density at radius 3 is 2.89 bits per heavy atom. The topological polar surface area (TPSA) is 21.3 Å². The molecule has 1 N–H and O–H groups in total. The third kappa shape index (κ3) is 3.06. The van der Waals surface area contributed by atoms with Crippen LogP contribution in [0.1, 0.15) is 36.9 Å². The molecule has 0 bridgehead atoms. The van der Waals surface area contributed by atoms with Crippen LogP contribution in [0.15, 0.2) is 30.0 Å². The first kappa shape index (κ1) is 13.4. The number of halogens is 1. The highest BCUT2D eigenvalue weighted by molar-refractivity contribution is 6.31. The van der Waals surface area contributed by atoms with Crippen molar-refractivity contribution >= 4 is 11.6 Å². The van der Waals surface area contributed by atoms with Gasteiger partial charge in [0.15, 0.2) is 0 Å². The van der Waals surface area contributed by atoms with E-state index in [0.717, 1.165) is 36.6 Å². The second-order valence-corrected chi connectivity index (χ2v) is 5.07. The van der Waals surface area contributed by atoms with Crippen molar-refractivity contribution in [3.63, 3.8) is 0 Å². The number of ether oxygens (including phenoxy) is 1. The van der Waals surface area contributed by atoms with Crippen molar-refractivity contribution in [2.75, 3.05) is 13.2 Å². The number of hydrogen-bond donors (Lipinski definition) is 1. The van der Waals surface area contributed by atoms with E-state index in [9.17, 15) is 0 Å². The highest BCUT2D eigenvalue weighted by Crippen LogP contribution is 2.30. The number of nitrogens with one attached hydrogen (secondary N) is 1. The van der Waals surface area contributed by atoms with E-state index in [0.29, 0.717) is 0 Å². The molecule has 18 heavy (non-hydrogen) atoms. The van der Waals surface area contributed by atoms with Crippen LogP contribution in [0.3, 0.4) is 0 Å². The van der Waals surface area contributed by atoms with Crippen LogP contribution in [-0.4, -0.2) is 13.2 Å². The zero-order valence-electron chi connectivity index (χ0n) is 11.0. The highest BCUT2D eigenvalue weighted by Gasteiger charge is 2.18. The van der Waals surface area contributed by atoms with Crippen molar-refractivity contribution in [3.05, 3.63) is 46.2 Å². The minimum absolute atomic E-state index is 0.216. The van der Waals surface area contributed by atoms with Gasteiger partial charge in [-0.15, -0.1) is 0 Å². The van der Waals surface area contributed by atoms with Crippen LogP contribution in [0.25, 0.3) is 0 Å². The van der Waals surface area contributed by atoms with Gasteiger partial charge in [0.1, 0.15) is 0 Å². The lowest BCUT2D eigenvalue weighted by atomic mass is 9.94. The smallest absolute Gasteiger partial charge is 0.0876 e. The summed E-state index contributed by atoms with van der Waals surface area (Å²) in [5.41, 5.74) is 3.64. The molecule has 1 heterocycles. The van der Waals surface area contributed by atoms with Crippen LogP contribution >= 0.6 is 11.6 Å². The second kappa shape index (κ2) is 6.26. The average molecular weight is 266 g/mol. The molecule has 1 unspecified atom stereocenters. The van der Waals surface area contributed by atoms with Gasteiger partial charge in [-0.2, -0.15) is 0 Å². The van der Waals surface area contributed by atoms with Gasteiger partial charge in [0.25, 0.3) is 0 Å². The van der Waals surface area contributed by atoms with Crippen LogP contribution in [0.5, 0.6) is 0 Å². The molecule has 1 atom stereocenters. The van der Waals surface area contributed by atoms with Gasteiger partial charge in [0, 0.05) is 5.02 Å². The molecule has 0 aliphatic carbocycles. The van der Waals surface area contributed by atoms with Gasteiger partial charge < -0.3 is 10.1 Å². The fourth-order valence-electron chi connectivity index (χ4n) is 2.25. The quantitative estimate of drug-likeness (QED) is 0.889. The van der Waals surface area contributed by atoms with E-state index >= 15 is 0 Å². The lowest BCUT2D eigenvalue weighted by molar-refractivity contribution is 0.219. The molecule has 2 rings (SSSR count). The molecule has 3 heteroatoms. The van der Waals surface area contributed by atoms with Crippen LogP contribution < -0.4 is 5.32 Å². The summed E-state index contributed by atoms with van der Waals surface area (Å²) in [7, 11) is 0. The summed E-state index contributed by atoms with van der Waals surface area (Å²) in [5, 5.41) is 4.33. The first-order chi connectivity index (χ1) is 8.72. The van der Waals surface area contributed by atoms with Gasteiger partial charge >= 0.3 is 0 Å². The van der Waals surface area contributed by atoms with Gasteiger partial charge in [-0.05, 0) is 49.1 Å². The van der Waals surface area contributed by atoms with Crippen LogP contribution in [0.4, 0.5) is 0 Å². The zero-order valence-corrected chi connectivity index (χ0v) is 11.8. The van der Waals surface area contributed by atoms with Crippen molar-refractivity contribution in [2.45, 2.75) is 32.7 Å². The van der Waals surface area contributed by atoms with Gasteiger partial charge in [-0.1, -0.05) is 30.7 Å². The molecule has 0 saturated heterocycles. The van der Waals surface area contributed by atoms with Crippen molar-refractivity contribution in [1.29, 1.82) is 0 Å². The monoisotopic (exact) mass is 265 g/mol. The number of rotatable bonds is 4. The van der Waals surface area contributed by atoms with E-state index in [4.69, 9.17) is 16.3 Å². The maximum atomic E-state index is 6.22. The van der Waals surface area contributed by atoms with Crippen molar-refractivity contribution in [3.8, 4) is 0 Å². The third-order valence-corrected chi connectivity index (χ3v) is 3.68. The average Bonchev–Trinajstić information content (AvgIpc) is 2.40. The Labute approximate surface area is 114 Å². The molecule has 1 aromatic carbocycles. The summed E-state index contributed by atoms with van der Waals surface area (Å²) in [6.07, 6.45) is 4.08. The highest BCUT2D eigenvalue weighted by atomic mass is 35.5. The Hall–Kier alpha value is -0.990. The Kier molecular flexibility index (Phi) is 4.67. The van der Waals surface area contributed by atoms with Crippen LogP contribution in [0.2, 0.25) is 5.02 Å². The number of likely N-dealkylation sites (N-methyl/N-ethyl adjacent to an activating group) is 1. The molecule has 0 aromatic heterocycles. The Morgan fingerprint density at radius 2 is 2.28 bits per heavy atom. The maximum absolute atomic E-state index is 6.22. The van der Waals surface area contributed by atoms with E-state index in [-0.39, 0.29) is 6.04 Å². The molecule has 2 nitrogen and oxygen atoms in total. The molecule has 0 fully saturated rings. The lowest BCUT2D eigenvalue weighted by Crippen LogP contribution is -2.24. The number of aryl methyl sites for hydroxylation is 1. The number of benzene rings is 1. The van der Waals surface area contributed by atoms with E-state index in [1.807, 2.05) is 13.2 Å². The summed E-state index contributed by atoms with van der Waals surface area (Å²) in [6, 6.07) is 6.49. The fourth-order valence-corrected chi connectivity index (χ4v) is 2.44. The molecule has 0 spiro atoms. The van der Waals surface area contributed by atoms with Crippen molar-refractivity contribution in [2.24, 2.45) is 0 Å². The minimum Gasteiger partial charge on any atom is -0.501 e. The third-order valence-electron chi connectivity index (χ3n) is 3.27. The first-order valence-electron chi connectivity index (χ1n) is 6.52. The van der Waals surface area contributed by atoms with Crippen molar-refractivity contribution in [1.82, 2.24) is 5.32 Å². The summed E-state index contributed by atoms with van der Waals surface area (Å²) < 4.78 is 5.45. The predicted molar refractivity (Wildman–Crippen MR) is 75.9 cm³/mol. The van der Waals surface area contributed by atoms with E-state index in [1.54, 1.807) is 0 Å². The summed E-state index contributed by atoms with van der Waals surface area (Å²) in [4.78, 5) is 0. The minimum atomic E-state index is 0.216. The maximum Gasteiger partial charge on any atom is 0.0876 e. The second-order valence-electron chi connectivity index (χ2n) is 4.67. The lowest BCUT2D eigenvalue weighted by Gasteiger charge is -2.24.